The van der Waals surface area contributed by atoms with E-state index in [0.717, 1.165) is 9.87 Å². The molecule has 0 saturated heterocycles. The quantitative estimate of drug-likeness (QED) is 0.295. The van der Waals surface area contributed by atoms with Crippen molar-refractivity contribution < 1.29 is 18.0 Å². The summed E-state index contributed by atoms with van der Waals surface area (Å²) >= 11 is 19.0. The smallest absolute Gasteiger partial charge is 0.264 e. The lowest BCUT2D eigenvalue weighted by Gasteiger charge is -2.34. The second-order valence-corrected chi connectivity index (χ2v) is 13.6. The molecule has 214 valence electrons. The highest BCUT2D eigenvalue weighted by Gasteiger charge is 2.34. The van der Waals surface area contributed by atoms with Gasteiger partial charge in [0.25, 0.3) is 10.0 Å². The van der Waals surface area contributed by atoms with Gasteiger partial charge in [0.1, 0.15) is 12.6 Å². The van der Waals surface area contributed by atoms with E-state index in [-0.39, 0.29) is 17.1 Å². The lowest BCUT2D eigenvalue weighted by Crippen LogP contribution is -2.54. The van der Waals surface area contributed by atoms with E-state index in [4.69, 9.17) is 34.8 Å². The van der Waals surface area contributed by atoms with E-state index in [9.17, 15) is 18.0 Å². The predicted molar refractivity (Wildman–Crippen MR) is 162 cm³/mol. The summed E-state index contributed by atoms with van der Waals surface area (Å²) in [6.45, 7) is 8.16. The fraction of sp³-hybridized carbons (Fsp3) is 0.310. The highest BCUT2D eigenvalue weighted by molar-refractivity contribution is 7.92. The number of amides is 2. The number of hydrogen-bond acceptors (Lipinski definition) is 4. The van der Waals surface area contributed by atoms with E-state index in [2.05, 4.69) is 5.32 Å². The highest BCUT2D eigenvalue weighted by Crippen LogP contribution is 2.29. The Bertz CT molecular complexity index is 1470. The summed E-state index contributed by atoms with van der Waals surface area (Å²) in [6, 6.07) is 16.5. The molecule has 40 heavy (non-hydrogen) atoms. The first kappa shape index (κ1) is 31.7. The van der Waals surface area contributed by atoms with Crippen LogP contribution in [0.3, 0.4) is 0 Å². The molecule has 11 heteroatoms. The predicted octanol–water partition coefficient (Wildman–Crippen LogP) is 6.48. The van der Waals surface area contributed by atoms with E-state index in [1.165, 1.54) is 23.1 Å². The second-order valence-electron chi connectivity index (χ2n) is 10.4. The lowest BCUT2D eigenvalue weighted by atomic mass is 10.1. The van der Waals surface area contributed by atoms with E-state index in [1.54, 1.807) is 55.5 Å². The number of carbonyl (C=O) groups excluding carboxylic acids is 2. The molecule has 7 nitrogen and oxygen atoms in total. The van der Waals surface area contributed by atoms with Gasteiger partial charge >= 0.3 is 0 Å². The van der Waals surface area contributed by atoms with E-state index < -0.39 is 40.0 Å². The minimum Gasteiger partial charge on any atom is -0.350 e. The van der Waals surface area contributed by atoms with Gasteiger partial charge in [0.15, 0.2) is 0 Å². The van der Waals surface area contributed by atoms with Crippen LogP contribution in [0.1, 0.15) is 38.8 Å². The van der Waals surface area contributed by atoms with Crippen LogP contribution in [0.4, 0.5) is 5.69 Å². The third-order valence-electron chi connectivity index (χ3n) is 6.04. The van der Waals surface area contributed by atoms with Crippen LogP contribution in [0.2, 0.25) is 15.1 Å². The van der Waals surface area contributed by atoms with Crippen molar-refractivity contribution in [2.75, 3.05) is 10.8 Å². The normalized spacial score (nSPS) is 12.5. The van der Waals surface area contributed by atoms with Crippen molar-refractivity contribution in [2.45, 2.75) is 57.6 Å². The largest absolute Gasteiger partial charge is 0.350 e. The molecule has 1 atom stereocenters. The molecular weight excluding hydrogens is 593 g/mol. The van der Waals surface area contributed by atoms with Crippen molar-refractivity contribution >= 4 is 62.3 Å². The van der Waals surface area contributed by atoms with Crippen LogP contribution < -0.4 is 9.62 Å². The van der Waals surface area contributed by atoms with Crippen LogP contribution in [0.5, 0.6) is 0 Å². The van der Waals surface area contributed by atoms with Gasteiger partial charge in [0, 0.05) is 32.7 Å². The van der Waals surface area contributed by atoms with Crippen molar-refractivity contribution in [2.24, 2.45) is 0 Å². The Morgan fingerprint density at radius 3 is 2.05 bits per heavy atom. The summed E-state index contributed by atoms with van der Waals surface area (Å²) in [7, 11) is -4.21. The van der Waals surface area contributed by atoms with E-state index in [0.29, 0.717) is 20.6 Å². The summed E-state index contributed by atoms with van der Waals surface area (Å²) in [6.07, 6.45) is 0. The molecule has 0 aliphatic heterocycles. The summed E-state index contributed by atoms with van der Waals surface area (Å²) in [5.74, 6) is -1.05. The molecule has 0 saturated carbocycles. The van der Waals surface area contributed by atoms with E-state index in [1.807, 2.05) is 27.7 Å². The molecule has 0 aliphatic rings. The Kier molecular flexibility index (Phi) is 10.2. The summed E-state index contributed by atoms with van der Waals surface area (Å²) in [5.41, 5.74) is 0.948. The average Bonchev–Trinajstić information content (AvgIpc) is 2.85. The number of nitrogens with zero attached hydrogens (tertiary/aromatic N) is 2. The Hall–Kier alpha value is -2.78. The van der Waals surface area contributed by atoms with Gasteiger partial charge in [-0.05, 0) is 77.1 Å². The van der Waals surface area contributed by atoms with Gasteiger partial charge in [0.05, 0.1) is 10.6 Å². The number of anilines is 1. The Labute approximate surface area is 251 Å². The summed E-state index contributed by atoms with van der Waals surface area (Å²) in [4.78, 5) is 28.5. The number of aryl methyl sites for hydroxylation is 1. The molecule has 0 aliphatic carbocycles. The van der Waals surface area contributed by atoms with Gasteiger partial charge < -0.3 is 10.2 Å². The Morgan fingerprint density at radius 1 is 0.925 bits per heavy atom. The van der Waals surface area contributed by atoms with Crippen LogP contribution in [-0.2, 0) is 26.2 Å². The van der Waals surface area contributed by atoms with Crippen molar-refractivity contribution in [1.82, 2.24) is 10.2 Å². The first-order valence-electron chi connectivity index (χ1n) is 12.5. The number of sulfonamides is 1. The maximum absolute atomic E-state index is 14.0. The van der Waals surface area contributed by atoms with Crippen LogP contribution in [-0.4, -0.2) is 43.3 Å². The SMILES string of the molecule is Cc1ccc(S(=O)(=O)N(CC(=O)N(Cc2c(Cl)cccc2Cl)[C@H](C)C(=O)NC(C)(C)C)c2cccc(Cl)c2)cc1. The third kappa shape index (κ3) is 7.91. The molecule has 0 heterocycles. The number of rotatable bonds is 9. The van der Waals surface area contributed by atoms with Gasteiger partial charge in [-0.15, -0.1) is 0 Å². The minimum absolute atomic E-state index is 0.00472. The van der Waals surface area contributed by atoms with Gasteiger partial charge in [-0.1, -0.05) is 64.6 Å². The molecular formula is C29H32Cl3N3O4S. The van der Waals surface area contributed by atoms with Gasteiger partial charge in [-0.3, -0.25) is 13.9 Å². The Balaban J connectivity index is 2.08. The monoisotopic (exact) mass is 623 g/mol. The summed E-state index contributed by atoms with van der Waals surface area (Å²) < 4.78 is 28.7. The number of nitrogens with one attached hydrogen (secondary N) is 1. The fourth-order valence-electron chi connectivity index (χ4n) is 3.91. The zero-order valence-corrected chi connectivity index (χ0v) is 26.0. The number of hydrogen-bond donors (Lipinski definition) is 1. The fourth-order valence-corrected chi connectivity index (χ4v) is 6.02. The van der Waals surface area contributed by atoms with Crippen molar-refractivity contribution in [3.05, 3.63) is 92.9 Å². The third-order valence-corrected chi connectivity index (χ3v) is 8.77. The molecule has 3 rings (SSSR count). The molecule has 0 aromatic heterocycles. The number of benzene rings is 3. The number of carbonyl (C=O) groups is 2. The van der Waals surface area contributed by atoms with E-state index >= 15 is 0 Å². The van der Waals surface area contributed by atoms with Crippen LogP contribution in [0.25, 0.3) is 0 Å². The van der Waals surface area contributed by atoms with Gasteiger partial charge in [-0.25, -0.2) is 8.42 Å². The van der Waals surface area contributed by atoms with Gasteiger partial charge in [0.2, 0.25) is 11.8 Å². The molecule has 1 N–H and O–H groups in total. The zero-order valence-electron chi connectivity index (χ0n) is 22.9. The first-order valence-corrected chi connectivity index (χ1v) is 15.1. The topological polar surface area (TPSA) is 86.8 Å². The molecule has 0 unspecified atom stereocenters. The molecule has 3 aromatic rings. The zero-order chi connectivity index (χ0) is 29.8. The van der Waals surface area contributed by atoms with Crippen LogP contribution >= 0.6 is 34.8 Å². The van der Waals surface area contributed by atoms with Crippen LogP contribution in [0.15, 0.2) is 71.6 Å². The number of halogens is 3. The van der Waals surface area contributed by atoms with Crippen molar-refractivity contribution in [3.63, 3.8) is 0 Å². The maximum atomic E-state index is 14.0. The molecule has 0 bridgehead atoms. The first-order chi connectivity index (χ1) is 18.6. The van der Waals surface area contributed by atoms with Crippen molar-refractivity contribution in [1.29, 1.82) is 0 Å². The molecule has 0 spiro atoms. The Morgan fingerprint density at radius 2 is 1.50 bits per heavy atom. The molecule has 0 radical (unpaired) electrons. The molecule has 2 amide bonds. The standard InChI is InChI=1S/C29H32Cl3N3O4S/c1-19-12-14-23(15-13-19)40(38,39)35(22-9-6-8-21(30)16-22)18-27(36)34(20(2)28(37)33-29(3,4)5)17-24-25(31)10-7-11-26(24)32/h6-16,20H,17-18H2,1-5H3,(H,33,37)/t20-/m1/s1. The molecule has 3 aromatic carbocycles. The molecule has 0 fully saturated rings. The second kappa shape index (κ2) is 12.8. The van der Waals surface area contributed by atoms with Crippen LogP contribution in [0, 0.1) is 6.92 Å². The minimum atomic E-state index is -4.21. The average molecular weight is 625 g/mol. The highest BCUT2D eigenvalue weighted by atomic mass is 35.5. The van der Waals surface area contributed by atoms with Crippen molar-refractivity contribution in [3.8, 4) is 0 Å². The maximum Gasteiger partial charge on any atom is 0.264 e. The lowest BCUT2D eigenvalue weighted by molar-refractivity contribution is -0.140. The van der Waals surface area contributed by atoms with Gasteiger partial charge in [-0.2, -0.15) is 0 Å². The summed E-state index contributed by atoms with van der Waals surface area (Å²) in [5, 5.41) is 3.80.